The maximum absolute atomic E-state index is 11.2. The Labute approximate surface area is 85.4 Å². The van der Waals surface area contributed by atoms with E-state index in [0.717, 1.165) is 19.5 Å². The summed E-state index contributed by atoms with van der Waals surface area (Å²) >= 11 is 0. The molecule has 1 heterocycles. The second-order valence-electron chi connectivity index (χ2n) is 3.90. The molecule has 82 valence electrons. The molecule has 2 atom stereocenters. The molecule has 1 fully saturated rings. The fourth-order valence-corrected chi connectivity index (χ4v) is 1.81. The molecular formula is C10H20N2O2. The predicted octanol–water partition coefficient (Wildman–Crippen LogP) is 0.361. The molecule has 0 aromatic heterocycles. The molecular weight excluding hydrogens is 180 g/mol. The van der Waals surface area contributed by atoms with Crippen LogP contribution in [0.3, 0.4) is 0 Å². The number of likely N-dealkylation sites (tertiary alicyclic amines) is 1. The summed E-state index contributed by atoms with van der Waals surface area (Å²) in [4.78, 5) is 13.5. The second-order valence-corrected chi connectivity index (χ2v) is 3.90. The highest BCUT2D eigenvalue weighted by Crippen LogP contribution is 2.13. The SMILES string of the molecule is CCOC(=O)CC(C)N1CC[C@@H](N)C1. The van der Waals surface area contributed by atoms with Crippen molar-refractivity contribution in [3.05, 3.63) is 0 Å². The van der Waals surface area contributed by atoms with Gasteiger partial charge in [0.05, 0.1) is 13.0 Å². The molecule has 0 amide bonds. The second kappa shape index (κ2) is 5.32. The van der Waals surface area contributed by atoms with Crippen molar-refractivity contribution in [2.24, 2.45) is 5.73 Å². The van der Waals surface area contributed by atoms with Gasteiger partial charge in [0.15, 0.2) is 0 Å². The molecule has 0 aliphatic carbocycles. The van der Waals surface area contributed by atoms with E-state index in [2.05, 4.69) is 11.8 Å². The van der Waals surface area contributed by atoms with Gasteiger partial charge in [-0.25, -0.2) is 0 Å². The van der Waals surface area contributed by atoms with Gasteiger partial charge in [-0.15, -0.1) is 0 Å². The summed E-state index contributed by atoms with van der Waals surface area (Å²) < 4.78 is 4.90. The standard InChI is InChI=1S/C10H20N2O2/c1-3-14-10(13)6-8(2)12-5-4-9(11)7-12/h8-9H,3-7,11H2,1-2H3/t8?,9-/m1/s1. The van der Waals surface area contributed by atoms with Crippen LogP contribution >= 0.6 is 0 Å². The number of esters is 1. The largest absolute Gasteiger partial charge is 0.466 e. The van der Waals surface area contributed by atoms with Gasteiger partial charge in [-0.1, -0.05) is 0 Å². The van der Waals surface area contributed by atoms with Gasteiger partial charge in [0, 0.05) is 25.2 Å². The number of nitrogens with zero attached hydrogens (tertiary/aromatic N) is 1. The number of carbonyl (C=O) groups is 1. The van der Waals surface area contributed by atoms with Gasteiger partial charge in [0.25, 0.3) is 0 Å². The number of carbonyl (C=O) groups excluding carboxylic acids is 1. The van der Waals surface area contributed by atoms with E-state index >= 15 is 0 Å². The van der Waals surface area contributed by atoms with Crippen LogP contribution in [0.1, 0.15) is 26.7 Å². The van der Waals surface area contributed by atoms with E-state index in [-0.39, 0.29) is 18.1 Å². The molecule has 4 nitrogen and oxygen atoms in total. The topological polar surface area (TPSA) is 55.6 Å². The Kier molecular flexibility index (Phi) is 4.35. The summed E-state index contributed by atoms with van der Waals surface area (Å²) in [6.07, 6.45) is 1.51. The van der Waals surface area contributed by atoms with Crippen LogP contribution in [-0.4, -0.2) is 42.6 Å². The Balaban J connectivity index is 2.27. The maximum atomic E-state index is 11.2. The first-order valence-corrected chi connectivity index (χ1v) is 5.28. The van der Waals surface area contributed by atoms with E-state index in [1.165, 1.54) is 0 Å². The Hall–Kier alpha value is -0.610. The fraction of sp³-hybridized carbons (Fsp3) is 0.900. The smallest absolute Gasteiger partial charge is 0.307 e. The van der Waals surface area contributed by atoms with E-state index in [9.17, 15) is 4.79 Å². The third-order valence-corrected chi connectivity index (χ3v) is 2.65. The van der Waals surface area contributed by atoms with E-state index < -0.39 is 0 Å². The Bertz CT molecular complexity index is 197. The predicted molar refractivity (Wildman–Crippen MR) is 54.9 cm³/mol. The molecule has 14 heavy (non-hydrogen) atoms. The lowest BCUT2D eigenvalue weighted by atomic mass is 10.2. The number of rotatable bonds is 4. The molecule has 1 saturated heterocycles. The van der Waals surface area contributed by atoms with Crippen LogP contribution in [0.15, 0.2) is 0 Å². The monoisotopic (exact) mass is 200 g/mol. The number of hydrogen-bond acceptors (Lipinski definition) is 4. The fourth-order valence-electron chi connectivity index (χ4n) is 1.81. The van der Waals surface area contributed by atoms with E-state index in [4.69, 9.17) is 10.5 Å². The van der Waals surface area contributed by atoms with Gasteiger partial charge in [0.2, 0.25) is 0 Å². The quantitative estimate of drug-likeness (QED) is 0.666. The Morgan fingerprint density at radius 1 is 1.71 bits per heavy atom. The molecule has 0 spiro atoms. The molecule has 1 rings (SSSR count). The van der Waals surface area contributed by atoms with Crippen molar-refractivity contribution in [1.29, 1.82) is 0 Å². The van der Waals surface area contributed by atoms with Crippen LogP contribution in [-0.2, 0) is 9.53 Å². The van der Waals surface area contributed by atoms with Crippen molar-refractivity contribution < 1.29 is 9.53 Å². The molecule has 4 heteroatoms. The van der Waals surface area contributed by atoms with Gasteiger partial charge in [-0.2, -0.15) is 0 Å². The summed E-state index contributed by atoms with van der Waals surface area (Å²) in [5.41, 5.74) is 5.79. The minimum Gasteiger partial charge on any atom is -0.466 e. The first-order chi connectivity index (χ1) is 6.63. The third kappa shape index (κ3) is 3.27. The summed E-state index contributed by atoms with van der Waals surface area (Å²) in [5.74, 6) is -0.111. The van der Waals surface area contributed by atoms with Crippen molar-refractivity contribution in [2.75, 3.05) is 19.7 Å². The number of nitrogens with two attached hydrogens (primary N) is 1. The molecule has 0 aromatic rings. The van der Waals surface area contributed by atoms with Gasteiger partial charge >= 0.3 is 5.97 Å². The van der Waals surface area contributed by atoms with Crippen LogP contribution in [0, 0.1) is 0 Å². The van der Waals surface area contributed by atoms with Crippen LogP contribution in [0.4, 0.5) is 0 Å². The summed E-state index contributed by atoms with van der Waals surface area (Å²) in [6, 6.07) is 0.530. The number of ether oxygens (including phenoxy) is 1. The molecule has 0 bridgehead atoms. The van der Waals surface area contributed by atoms with Crippen LogP contribution in [0.5, 0.6) is 0 Å². The van der Waals surface area contributed by atoms with Gasteiger partial charge in [0.1, 0.15) is 0 Å². The van der Waals surface area contributed by atoms with Crippen LogP contribution < -0.4 is 5.73 Å². The van der Waals surface area contributed by atoms with Crippen LogP contribution in [0.2, 0.25) is 0 Å². The van der Waals surface area contributed by atoms with Crippen molar-refractivity contribution in [2.45, 2.75) is 38.8 Å². The van der Waals surface area contributed by atoms with Crippen molar-refractivity contribution >= 4 is 5.97 Å². The van der Waals surface area contributed by atoms with Crippen molar-refractivity contribution in [1.82, 2.24) is 4.90 Å². The highest BCUT2D eigenvalue weighted by Gasteiger charge is 2.24. The molecule has 0 radical (unpaired) electrons. The highest BCUT2D eigenvalue weighted by atomic mass is 16.5. The van der Waals surface area contributed by atoms with E-state index in [1.807, 2.05) is 6.92 Å². The Morgan fingerprint density at radius 3 is 2.93 bits per heavy atom. The maximum Gasteiger partial charge on any atom is 0.307 e. The first kappa shape index (κ1) is 11.5. The van der Waals surface area contributed by atoms with Gasteiger partial charge in [-0.3, -0.25) is 9.69 Å². The zero-order valence-electron chi connectivity index (χ0n) is 9.03. The normalized spacial score (nSPS) is 24.9. The molecule has 1 unspecified atom stereocenters. The van der Waals surface area contributed by atoms with Gasteiger partial charge in [-0.05, 0) is 20.3 Å². The third-order valence-electron chi connectivity index (χ3n) is 2.65. The first-order valence-electron chi connectivity index (χ1n) is 5.28. The highest BCUT2D eigenvalue weighted by molar-refractivity contribution is 5.70. The Morgan fingerprint density at radius 2 is 2.43 bits per heavy atom. The van der Waals surface area contributed by atoms with Crippen molar-refractivity contribution in [3.8, 4) is 0 Å². The van der Waals surface area contributed by atoms with E-state index in [1.54, 1.807) is 0 Å². The van der Waals surface area contributed by atoms with E-state index in [0.29, 0.717) is 13.0 Å². The minimum atomic E-state index is -0.111. The molecule has 0 saturated carbocycles. The molecule has 0 aromatic carbocycles. The van der Waals surface area contributed by atoms with Crippen molar-refractivity contribution in [3.63, 3.8) is 0 Å². The molecule has 1 aliphatic rings. The van der Waals surface area contributed by atoms with Gasteiger partial charge < -0.3 is 10.5 Å². The average Bonchev–Trinajstić information content (AvgIpc) is 2.52. The lowest BCUT2D eigenvalue weighted by Gasteiger charge is -2.22. The summed E-state index contributed by atoms with van der Waals surface area (Å²) in [6.45, 7) is 6.25. The number of hydrogen-bond donors (Lipinski definition) is 1. The lowest BCUT2D eigenvalue weighted by Crippen LogP contribution is -2.35. The minimum absolute atomic E-state index is 0.111. The average molecular weight is 200 g/mol. The summed E-state index contributed by atoms with van der Waals surface area (Å²) in [5, 5.41) is 0. The zero-order valence-corrected chi connectivity index (χ0v) is 9.03. The lowest BCUT2D eigenvalue weighted by molar-refractivity contribution is -0.144. The zero-order chi connectivity index (χ0) is 10.6. The molecule has 2 N–H and O–H groups in total. The molecule has 1 aliphatic heterocycles. The summed E-state index contributed by atoms with van der Waals surface area (Å²) in [7, 11) is 0. The van der Waals surface area contributed by atoms with Crippen LogP contribution in [0.25, 0.3) is 0 Å².